The molecule has 1 aromatic heterocycles. The van der Waals surface area contributed by atoms with Crippen molar-refractivity contribution in [2.75, 3.05) is 0 Å². The molecule has 17 heavy (non-hydrogen) atoms. The van der Waals surface area contributed by atoms with Gasteiger partial charge in [-0.1, -0.05) is 0 Å². The van der Waals surface area contributed by atoms with E-state index in [0.29, 0.717) is 0 Å². The Morgan fingerprint density at radius 3 is 2.65 bits per heavy atom. The van der Waals surface area contributed by atoms with Crippen molar-refractivity contribution in [2.45, 2.75) is 19.4 Å². The van der Waals surface area contributed by atoms with Crippen LogP contribution in [0.2, 0.25) is 0 Å². The smallest absolute Gasteiger partial charge is 0.307 e. The summed E-state index contributed by atoms with van der Waals surface area (Å²) < 4.78 is 25.2. The van der Waals surface area contributed by atoms with Gasteiger partial charge in [-0.15, -0.1) is 0 Å². The number of carboxylic acids is 1. The zero-order chi connectivity index (χ0) is 13.0. The van der Waals surface area contributed by atoms with Crippen LogP contribution in [0.5, 0.6) is 0 Å². The van der Waals surface area contributed by atoms with Crippen molar-refractivity contribution in [3.8, 4) is 6.07 Å². The van der Waals surface area contributed by atoms with Crippen molar-refractivity contribution in [3.63, 3.8) is 0 Å². The number of hydrogen-bond donors (Lipinski definition) is 2. The number of rotatable bonds is 4. The Bertz CT molecular complexity index is 483. The second kappa shape index (κ2) is 5.32. The molecule has 0 aliphatic rings. The number of alkyl halides is 2. The molecule has 0 saturated carbocycles. The number of carbonyl (C=O) groups is 1. The van der Waals surface area contributed by atoms with E-state index in [1.54, 1.807) is 6.07 Å². The topological polar surface area (TPSA) is 100 Å². The Labute approximate surface area is 95.5 Å². The quantitative estimate of drug-likeness (QED) is 0.818. The lowest BCUT2D eigenvalue weighted by atomic mass is 9.99. The SMILES string of the molecule is N#Cc1cnc(C(F)F)c(CN)c1CC(=O)O. The van der Waals surface area contributed by atoms with E-state index in [1.807, 2.05) is 0 Å². The summed E-state index contributed by atoms with van der Waals surface area (Å²) in [7, 11) is 0. The van der Waals surface area contributed by atoms with E-state index in [9.17, 15) is 13.6 Å². The molecule has 5 nitrogen and oxygen atoms in total. The average Bonchev–Trinajstić information content (AvgIpc) is 2.27. The van der Waals surface area contributed by atoms with Crippen LogP contribution in [0.15, 0.2) is 6.20 Å². The van der Waals surface area contributed by atoms with E-state index in [0.717, 1.165) is 6.20 Å². The number of carboxylic acid groups (broad SMARTS) is 1. The summed E-state index contributed by atoms with van der Waals surface area (Å²) in [5, 5.41) is 17.4. The molecule has 1 aromatic rings. The fraction of sp³-hybridized carbons (Fsp3) is 0.300. The monoisotopic (exact) mass is 241 g/mol. The van der Waals surface area contributed by atoms with Crippen molar-refractivity contribution >= 4 is 5.97 Å². The molecule has 90 valence electrons. The number of pyridine rings is 1. The summed E-state index contributed by atoms with van der Waals surface area (Å²) >= 11 is 0. The highest BCUT2D eigenvalue weighted by atomic mass is 19.3. The number of aliphatic carboxylic acids is 1. The zero-order valence-electron chi connectivity index (χ0n) is 8.65. The van der Waals surface area contributed by atoms with Gasteiger partial charge in [0.1, 0.15) is 11.8 Å². The molecule has 3 N–H and O–H groups in total. The van der Waals surface area contributed by atoms with Crippen LogP contribution in [0, 0.1) is 11.3 Å². The number of nitrogens with zero attached hydrogens (tertiary/aromatic N) is 2. The highest BCUT2D eigenvalue weighted by Crippen LogP contribution is 2.25. The fourth-order valence-corrected chi connectivity index (χ4v) is 1.47. The van der Waals surface area contributed by atoms with Crippen molar-refractivity contribution in [1.29, 1.82) is 5.26 Å². The first-order chi connectivity index (χ1) is 8.01. The minimum Gasteiger partial charge on any atom is -0.481 e. The summed E-state index contributed by atoms with van der Waals surface area (Å²) in [5.74, 6) is -1.22. The third kappa shape index (κ3) is 2.73. The molecular formula is C10H9F2N3O2. The summed E-state index contributed by atoms with van der Waals surface area (Å²) in [6.07, 6.45) is -2.44. The van der Waals surface area contributed by atoms with E-state index in [1.165, 1.54) is 0 Å². The standard InChI is InChI=1S/C10H9F2N3O2/c11-10(12)9-7(3-14)6(1-8(16)17)5(2-13)4-15-9/h4,10H,1,3,14H2,(H,16,17). The highest BCUT2D eigenvalue weighted by Gasteiger charge is 2.21. The Balaban J connectivity index is 3.44. The average molecular weight is 241 g/mol. The van der Waals surface area contributed by atoms with Crippen molar-refractivity contribution in [3.05, 3.63) is 28.6 Å². The molecule has 0 saturated heterocycles. The van der Waals surface area contributed by atoms with Crippen molar-refractivity contribution < 1.29 is 18.7 Å². The molecule has 7 heteroatoms. The zero-order valence-corrected chi connectivity index (χ0v) is 8.65. The van der Waals surface area contributed by atoms with Crippen LogP contribution in [0.25, 0.3) is 0 Å². The lowest BCUT2D eigenvalue weighted by Gasteiger charge is -2.12. The van der Waals surface area contributed by atoms with Gasteiger partial charge in [0, 0.05) is 12.7 Å². The van der Waals surface area contributed by atoms with Gasteiger partial charge in [-0.25, -0.2) is 8.78 Å². The maximum absolute atomic E-state index is 12.6. The van der Waals surface area contributed by atoms with Gasteiger partial charge in [0.25, 0.3) is 6.43 Å². The molecule has 0 amide bonds. The second-order valence-corrected chi connectivity index (χ2v) is 3.20. The maximum Gasteiger partial charge on any atom is 0.307 e. The number of aromatic nitrogens is 1. The Morgan fingerprint density at radius 2 is 2.24 bits per heavy atom. The van der Waals surface area contributed by atoms with Crippen LogP contribution in [-0.4, -0.2) is 16.1 Å². The molecule has 0 spiro atoms. The van der Waals surface area contributed by atoms with Gasteiger partial charge in [-0.05, 0) is 11.1 Å². The number of nitrogens with two attached hydrogens (primary N) is 1. The number of halogens is 2. The largest absolute Gasteiger partial charge is 0.481 e. The molecule has 0 aromatic carbocycles. The van der Waals surface area contributed by atoms with E-state index < -0.39 is 24.5 Å². The third-order valence-corrected chi connectivity index (χ3v) is 2.19. The van der Waals surface area contributed by atoms with Crippen LogP contribution in [0.1, 0.15) is 28.8 Å². The lowest BCUT2D eigenvalue weighted by molar-refractivity contribution is -0.136. The molecule has 1 rings (SSSR count). The molecule has 0 bridgehead atoms. The Morgan fingerprint density at radius 1 is 1.59 bits per heavy atom. The van der Waals surface area contributed by atoms with Crippen LogP contribution in [0.3, 0.4) is 0 Å². The molecule has 0 unspecified atom stereocenters. The van der Waals surface area contributed by atoms with Gasteiger partial charge >= 0.3 is 5.97 Å². The van der Waals surface area contributed by atoms with Gasteiger partial charge in [0.15, 0.2) is 0 Å². The first-order valence-corrected chi connectivity index (χ1v) is 4.62. The normalized spacial score (nSPS) is 10.3. The Hall–Kier alpha value is -2.07. The minimum atomic E-state index is -2.85. The van der Waals surface area contributed by atoms with Gasteiger partial charge in [-0.3, -0.25) is 9.78 Å². The van der Waals surface area contributed by atoms with Gasteiger partial charge < -0.3 is 10.8 Å². The Kier molecular flexibility index (Phi) is 4.06. The minimum absolute atomic E-state index is 0.00722. The molecule has 0 aliphatic carbocycles. The molecule has 1 heterocycles. The van der Waals surface area contributed by atoms with Crippen LogP contribution in [0.4, 0.5) is 8.78 Å². The van der Waals surface area contributed by atoms with E-state index in [2.05, 4.69) is 4.98 Å². The molecule has 0 atom stereocenters. The van der Waals surface area contributed by atoms with Crippen molar-refractivity contribution in [2.24, 2.45) is 5.73 Å². The fourth-order valence-electron chi connectivity index (χ4n) is 1.47. The number of nitriles is 1. The molecular weight excluding hydrogens is 232 g/mol. The summed E-state index contributed by atoms with van der Waals surface area (Å²) in [5.41, 5.74) is 4.64. The maximum atomic E-state index is 12.6. The van der Waals surface area contributed by atoms with Gasteiger partial charge in [0.2, 0.25) is 0 Å². The van der Waals surface area contributed by atoms with Crippen LogP contribution >= 0.6 is 0 Å². The summed E-state index contributed by atoms with van der Waals surface area (Å²) in [6.45, 7) is -0.287. The van der Waals surface area contributed by atoms with Gasteiger partial charge in [-0.2, -0.15) is 5.26 Å². The molecule has 0 aliphatic heterocycles. The second-order valence-electron chi connectivity index (χ2n) is 3.20. The van der Waals surface area contributed by atoms with Gasteiger partial charge in [0.05, 0.1) is 12.0 Å². The molecule has 0 fully saturated rings. The first kappa shape index (κ1) is 13.0. The predicted molar refractivity (Wildman–Crippen MR) is 53.1 cm³/mol. The number of hydrogen-bond acceptors (Lipinski definition) is 4. The van der Waals surface area contributed by atoms with E-state index in [-0.39, 0.29) is 23.2 Å². The molecule has 0 radical (unpaired) electrons. The first-order valence-electron chi connectivity index (χ1n) is 4.62. The van der Waals surface area contributed by atoms with Crippen molar-refractivity contribution in [1.82, 2.24) is 4.98 Å². The third-order valence-electron chi connectivity index (χ3n) is 2.19. The van der Waals surface area contributed by atoms with Crippen LogP contribution in [-0.2, 0) is 17.8 Å². The lowest BCUT2D eigenvalue weighted by Crippen LogP contribution is -2.13. The predicted octanol–water partition coefficient (Wildman–Crippen LogP) is 0.977. The highest BCUT2D eigenvalue weighted by molar-refractivity contribution is 5.72. The van der Waals surface area contributed by atoms with E-state index in [4.69, 9.17) is 16.1 Å². The summed E-state index contributed by atoms with van der Waals surface area (Å²) in [4.78, 5) is 14.1. The van der Waals surface area contributed by atoms with Crippen LogP contribution < -0.4 is 5.73 Å². The van der Waals surface area contributed by atoms with E-state index >= 15 is 0 Å². The summed E-state index contributed by atoms with van der Waals surface area (Å²) in [6, 6.07) is 1.72.